The number of ether oxygens (including phenoxy) is 2. The SMILES string of the molecule is COC(=N)CCOc1c(C)cc(C)cc1C. The summed E-state index contributed by atoms with van der Waals surface area (Å²) in [6.45, 7) is 6.63. The van der Waals surface area contributed by atoms with Crippen molar-refractivity contribution in [1.29, 1.82) is 5.41 Å². The number of hydrogen-bond acceptors (Lipinski definition) is 3. The van der Waals surface area contributed by atoms with Crippen LogP contribution in [0.3, 0.4) is 0 Å². The number of benzene rings is 1. The molecule has 16 heavy (non-hydrogen) atoms. The minimum Gasteiger partial charge on any atom is -0.493 e. The Balaban J connectivity index is 2.64. The van der Waals surface area contributed by atoms with Gasteiger partial charge >= 0.3 is 0 Å². The van der Waals surface area contributed by atoms with Gasteiger partial charge in [-0.25, -0.2) is 0 Å². The minimum atomic E-state index is 0.252. The fourth-order valence-corrected chi connectivity index (χ4v) is 1.74. The van der Waals surface area contributed by atoms with E-state index in [0.29, 0.717) is 13.0 Å². The van der Waals surface area contributed by atoms with E-state index in [4.69, 9.17) is 14.9 Å². The van der Waals surface area contributed by atoms with Crippen LogP contribution >= 0.6 is 0 Å². The first-order chi connectivity index (χ1) is 7.54. The van der Waals surface area contributed by atoms with Crippen LogP contribution in [0.4, 0.5) is 0 Å². The molecule has 0 amide bonds. The Bertz CT molecular complexity index is 363. The number of methoxy groups -OCH3 is 1. The molecule has 3 nitrogen and oxygen atoms in total. The van der Waals surface area contributed by atoms with E-state index >= 15 is 0 Å². The Labute approximate surface area is 96.9 Å². The highest BCUT2D eigenvalue weighted by Gasteiger charge is 2.05. The predicted molar refractivity (Wildman–Crippen MR) is 65.5 cm³/mol. The van der Waals surface area contributed by atoms with Crippen LogP contribution < -0.4 is 4.74 Å². The van der Waals surface area contributed by atoms with Crippen LogP contribution in [0.25, 0.3) is 0 Å². The first kappa shape index (κ1) is 12.6. The van der Waals surface area contributed by atoms with Crippen molar-refractivity contribution in [3.05, 3.63) is 28.8 Å². The second-order valence-electron chi connectivity index (χ2n) is 3.95. The molecule has 1 aromatic rings. The van der Waals surface area contributed by atoms with Crippen LogP contribution in [0.1, 0.15) is 23.1 Å². The van der Waals surface area contributed by atoms with Crippen LogP contribution in [0.2, 0.25) is 0 Å². The van der Waals surface area contributed by atoms with Crippen molar-refractivity contribution in [1.82, 2.24) is 0 Å². The van der Waals surface area contributed by atoms with E-state index in [0.717, 1.165) is 16.9 Å². The highest BCUT2D eigenvalue weighted by molar-refractivity contribution is 5.72. The van der Waals surface area contributed by atoms with Gasteiger partial charge in [0.1, 0.15) is 5.75 Å². The maximum atomic E-state index is 7.34. The minimum absolute atomic E-state index is 0.252. The topological polar surface area (TPSA) is 42.3 Å². The molecule has 0 aliphatic carbocycles. The number of hydrogen-bond donors (Lipinski definition) is 1. The Morgan fingerprint density at radius 3 is 2.25 bits per heavy atom. The average molecular weight is 221 g/mol. The molecule has 0 unspecified atom stereocenters. The zero-order valence-corrected chi connectivity index (χ0v) is 10.4. The molecule has 0 saturated carbocycles. The molecule has 0 radical (unpaired) electrons. The predicted octanol–water partition coefficient (Wildman–Crippen LogP) is 3.00. The second kappa shape index (κ2) is 5.54. The van der Waals surface area contributed by atoms with Gasteiger partial charge in [0.15, 0.2) is 5.90 Å². The molecule has 0 bridgehead atoms. The summed E-state index contributed by atoms with van der Waals surface area (Å²) in [6.07, 6.45) is 0.503. The zero-order valence-electron chi connectivity index (χ0n) is 10.4. The third-order valence-electron chi connectivity index (χ3n) is 2.43. The molecule has 1 rings (SSSR count). The highest BCUT2D eigenvalue weighted by atomic mass is 16.5. The van der Waals surface area contributed by atoms with E-state index in [9.17, 15) is 0 Å². The molecule has 88 valence electrons. The zero-order chi connectivity index (χ0) is 12.1. The summed E-state index contributed by atoms with van der Waals surface area (Å²) in [5.41, 5.74) is 3.52. The van der Waals surface area contributed by atoms with Crippen molar-refractivity contribution < 1.29 is 9.47 Å². The van der Waals surface area contributed by atoms with Crippen molar-refractivity contribution in [2.45, 2.75) is 27.2 Å². The molecule has 0 aromatic heterocycles. The molecule has 0 fully saturated rings. The van der Waals surface area contributed by atoms with Gasteiger partial charge in [0.2, 0.25) is 0 Å². The lowest BCUT2D eigenvalue weighted by molar-refractivity contribution is 0.304. The summed E-state index contributed by atoms with van der Waals surface area (Å²) in [6, 6.07) is 4.20. The number of rotatable bonds is 4. The van der Waals surface area contributed by atoms with Gasteiger partial charge in [-0.3, -0.25) is 5.41 Å². The molecule has 1 aromatic carbocycles. The molecule has 0 aliphatic rings. The fraction of sp³-hybridized carbons (Fsp3) is 0.462. The third kappa shape index (κ3) is 3.26. The lowest BCUT2D eigenvalue weighted by atomic mass is 10.1. The quantitative estimate of drug-likeness (QED) is 0.627. The summed E-state index contributed by atoms with van der Waals surface area (Å²) in [5, 5.41) is 7.34. The van der Waals surface area contributed by atoms with Crippen LogP contribution in [-0.2, 0) is 4.74 Å². The Hall–Kier alpha value is -1.51. The third-order valence-corrected chi connectivity index (χ3v) is 2.43. The first-order valence-electron chi connectivity index (χ1n) is 5.36. The van der Waals surface area contributed by atoms with Crippen LogP contribution in [-0.4, -0.2) is 19.6 Å². The van der Waals surface area contributed by atoms with Crippen LogP contribution in [0.15, 0.2) is 12.1 Å². The Kier molecular flexibility index (Phi) is 4.35. The molecule has 0 saturated heterocycles. The average Bonchev–Trinajstić information content (AvgIpc) is 2.21. The van der Waals surface area contributed by atoms with E-state index in [2.05, 4.69) is 19.1 Å². The van der Waals surface area contributed by atoms with Gasteiger partial charge in [-0.05, 0) is 31.9 Å². The van der Waals surface area contributed by atoms with E-state index in [1.54, 1.807) is 0 Å². The van der Waals surface area contributed by atoms with Gasteiger partial charge in [0.25, 0.3) is 0 Å². The van der Waals surface area contributed by atoms with E-state index in [1.165, 1.54) is 12.7 Å². The molecule has 3 heteroatoms. The molecule has 0 spiro atoms. The molecule has 0 heterocycles. The van der Waals surface area contributed by atoms with Gasteiger partial charge in [-0.2, -0.15) is 0 Å². The monoisotopic (exact) mass is 221 g/mol. The Morgan fingerprint density at radius 1 is 1.19 bits per heavy atom. The van der Waals surface area contributed by atoms with Crippen molar-refractivity contribution in [2.75, 3.05) is 13.7 Å². The smallest absolute Gasteiger partial charge is 0.183 e. The second-order valence-corrected chi connectivity index (χ2v) is 3.95. The van der Waals surface area contributed by atoms with Crippen molar-refractivity contribution in [2.24, 2.45) is 0 Å². The molecule has 0 aliphatic heterocycles. The van der Waals surface area contributed by atoms with Gasteiger partial charge < -0.3 is 9.47 Å². The Morgan fingerprint density at radius 2 is 1.75 bits per heavy atom. The molecule has 1 N–H and O–H groups in total. The normalized spacial score (nSPS) is 10.0. The fourth-order valence-electron chi connectivity index (χ4n) is 1.74. The highest BCUT2D eigenvalue weighted by Crippen LogP contribution is 2.24. The van der Waals surface area contributed by atoms with E-state index in [1.807, 2.05) is 13.8 Å². The molecule has 0 atom stereocenters. The van der Waals surface area contributed by atoms with E-state index in [-0.39, 0.29) is 5.90 Å². The summed E-state index contributed by atoms with van der Waals surface area (Å²) in [7, 11) is 1.50. The first-order valence-corrected chi connectivity index (χ1v) is 5.36. The van der Waals surface area contributed by atoms with Crippen LogP contribution in [0, 0.1) is 26.2 Å². The maximum absolute atomic E-state index is 7.34. The van der Waals surface area contributed by atoms with Gasteiger partial charge in [-0.15, -0.1) is 0 Å². The van der Waals surface area contributed by atoms with E-state index < -0.39 is 0 Å². The van der Waals surface area contributed by atoms with Crippen molar-refractivity contribution >= 4 is 5.90 Å². The van der Waals surface area contributed by atoms with Gasteiger partial charge in [0, 0.05) is 0 Å². The maximum Gasteiger partial charge on any atom is 0.183 e. The summed E-state index contributed by atoms with van der Waals surface area (Å²) >= 11 is 0. The summed E-state index contributed by atoms with van der Waals surface area (Å²) in [4.78, 5) is 0. The van der Waals surface area contributed by atoms with Crippen molar-refractivity contribution in [3.63, 3.8) is 0 Å². The number of nitrogens with one attached hydrogen (secondary N) is 1. The molecular formula is C13H19NO2. The van der Waals surface area contributed by atoms with Gasteiger partial charge in [0.05, 0.1) is 20.1 Å². The van der Waals surface area contributed by atoms with Crippen molar-refractivity contribution in [3.8, 4) is 5.75 Å². The standard InChI is InChI=1S/C13H19NO2/c1-9-7-10(2)13(11(3)8-9)16-6-5-12(14)15-4/h7-8,14H,5-6H2,1-4H3. The number of aryl methyl sites for hydroxylation is 3. The summed E-state index contributed by atoms with van der Waals surface area (Å²) < 4.78 is 10.4. The van der Waals surface area contributed by atoms with Crippen LogP contribution in [0.5, 0.6) is 5.75 Å². The summed E-state index contributed by atoms with van der Waals surface area (Å²) in [5.74, 6) is 1.18. The molecular weight excluding hydrogens is 202 g/mol. The lowest BCUT2D eigenvalue weighted by Gasteiger charge is -2.13. The largest absolute Gasteiger partial charge is 0.493 e. The van der Waals surface area contributed by atoms with Gasteiger partial charge in [-0.1, -0.05) is 17.7 Å². The lowest BCUT2D eigenvalue weighted by Crippen LogP contribution is -2.08.